The molecule has 4 N–H and O–H groups in total. The van der Waals surface area contributed by atoms with Crippen LogP contribution in [0.3, 0.4) is 0 Å². The van der Waals surface area contributed by atoms with Crippen LogP contribution in [0.15, 0.2) is 36.4 Å². The van der Waals surface area contributed by atoms with Gasteiger partial charge >= 0.3 is 0 Å². The highest BCUT2D eigenvalue weighted by Crippen LogP contribution is 2.49. The predicted octanol–water partition coefficient (Wildman–Crippen LogP) is 3.80. The number of amides is 1. The van der Waals surface area contributed by atoms with Crippen LogP contribution in [0.25, 0.3) is 22.2 Å². The summed E-state index contributed by atoms with van der Waals surface area (Å²) in [6, 6.07) is 7.72. The number of hydrogen-bond acceptors (Lipinski definition) is 3. The van der Waals surface area contributed by atoms with Crippen molar-refractivity contribution in [1.29, 1.82) is 0 Å². The molecule has 1 saturated carbocycles. The number of hydrogen-bond donors (Lipinski definition) is 3. The molecule has 0 bridgehead atoms. The minimum absolute atomic E-state index is 0.134. The van der Waals surface area contributed by atoms with Crippen LogP contribution in [0.5, 0.6) is 0 Å². The summed E-state index contributed by atoms with van der Waals surface area (Å²) in [6.45, 7) is -0.493. The summed E-state index contributed by atoms with van der Waals surface area (Å²) in [4.78, 5) is 26.8. The van der Waals surface area contributed by atoms with Gasteiger partial charge in [0.1, 0.15) is 23.2 Å². The third-order valence-corrected chi connectivity index (χ3v) is 6.07. The van der Waals surface area contributed by atoms with Crippen molar-refractivity contribution >= 4 is 22.6 Å². The van der Waals surface area contributed by atoms with Gasteiger partial charge in [0.15, 0.2) is 0 Å². The van der Waals surface area contributed by atoms with Gasteiger partial charge < -0.3 is 15.8 Å². The SMILES string of the molecule is NC(=O)[C@H](CO)CC(=O)C1CC(c2c(-c3ccc(F)cc3)[nH]c3c(F)cc(F)cc23)C1. The van der Waals surface area contributed by atoms with E-state index in [-0.39, 0.29) is 29.6 Å². The Labute approximate surface area is 176 Å². The molecule has 1 fully saturated rings. The number of Topliss-reactive ketones (excluding diaryl/α,β-unsaturated/α-hetero) is 1. The molecule has 3 aromatic rings. The minimum Gasteiger partial charge on any atom is -0.396 e. The molecule has 0 spiro atoms. The van der Waals surface area contributed by atoms with Crippen molar-refractivity contribution in [3.63, 3.8) is 0 Å². The first-order valence-corrected chi connectivity index (χ1v) is 9.98. The number of aromatic nitrogens is 1. The molecule has 2 aromatic carbocycles. The van der Waals surface area contributed by atoms with Crippen LogP contribution in [-0.4, -0.2) is 28.4 Å². The number of aliphatic hydroxyl groups is 1. The average molecular weight is 430 g/mol. The van der Waals surface area contributed by atoms with Crippen LogP contribution >= 0.6 is 0 Å². The number of H-pyrrole nitrogens is 1. The molecule has 0 aliphatic heterocycles. The number of aromatic amines is 1. The number of nitrogens with two attached hydrogens (primary N) is 1. The Bertz CT molecular complexity index is 1150. The van der Waals surface area contributed by atoms with Crippen LogP contribution in [0.1, 0.15) is 30.7 Å². The normalized spacial score (nSPS) is 19.2. The first kappa shape index (κ1) is 21.1. The highest BCUT2D eigenvalue weighted by atomic mass is 19.1. The first-order chi connectivity index (χ1) is 14.8. The van der Waals surface area contributed by atoms with Crippen molar-refractivity contribution in [2.75, 3.05) is 6.61 Å². The zero-order valence-electron chi connectivity index (χ0n) is 16.5. The highest BCUT2D eigenvalue weighted by molar-refractivity contribution is 5.93. The van der Waals surface area contributed by atoms with Crippen LogP contribution in [0.2, 0.25) is 0 Å². The van der Waals surface area contributed by atoms with Gasteiger partial charge in [0.25, 0.3) is 0 Å². The molecular weight excluding hydrogens is 409 g/mol. The molecule has 1 aromatic heterocycles. The maximum absolute atomic E-state index is 14.4. The van der Waals surface area contributed by atoms with Crippen LogP contribution < -0.4 is 5.73 Å². The van der Waals surface area contributed by atoms with Gasteiger partial charge in [-0.2, -0.15) is 0 Å². The van der Waals surface area contributed by atoms with E-state index in [4.69, 9.17) is 5.73 Å². The van der Waals surface area contributed by atoms with E-state index in [0.29, 0.717) is 35.0 Å². The second kappa shape index (κ2) is 8.19. The lowest BCUT2D eigenvalue weighted by atomic mass is 9.67. The quantitative estimate of drug-likeness (QED) is 0.532. The molecule has 1 atom stereocenters. The Morgan fingerprint density at radius 1 is 1.10 bits per heavy atom. The number of benzene rings is 2. The Hall–Kier alpha value is -3.13. The van der Waals surface area contributed by atoms with Gasteiger partial charge in [0.2, 0.25) is 5.91 Å². The second-order valence-electron chi connectivity index (χ2n) is 8.05. The molecule has 0 unspecified atom stereocenters. The standard InChI is InChI=1S/C23H21F3N2O3/c24-15-3-1-11(2-4-15)21-20(17-8-16(25)9-18(26)22(17)28-21)13-5-12(6-13)19(30)7-14(10-29)23(27)31/h1-4,8-9,12-14,28-29H,5-7,10H2,(H2,27,31)/t12?,13?,14-/m0/s1. The molecule has 8 heteroatoms. The molecule has 0 saturated heterocycles. The largest absolute Gasteiger partial charge is 0.396 e. The van der Waals surface area contributed by atoms with Crippen molar-refractivity contribution in [2.45, 2.75) is 25.2 Å². The third-order valence-electron chi connectivity index (χ3n) is 6.07. The van der Waals surface area contributed by atoms with Crippen molar-refractivity contribution in [2.24, 2.45) is 17.6 Å². The summed E-state index contributed by atoms with van der Waals surface area (Å²) in [5.74, 6) is -4.16. The summed E-state index contributed by atoms with van der Waals surface area (Å²) < 4.78 is 41.8. The van der Waals surface area contributed by atoms with Crippen molar-refractivity contribution in [1.82, 2.24) is 4.98 Å². The Balaban J connectivity index is 1.66. The monoisotopic (exact) mass is 430 g/mol. The molecule has 0 radical (unpaired) electrons. The minimum atomic E-state index is -0.919. The molecule has 1 amide bonds. The highest BCUT2D eigenvalue weighted by Gasteiger charge is 2.39. The molecule has 162 valence electrons. The van der Waals surface area contributed by atoms with Gasteiger partial charge in [-0.15, -0.1) is 0 Å². The summed E-state index contributed by atoms with van der Waals surface area (Å²) in [6.07, 6.45) is 0.745. The van der Waals surface area contributed by atoms with Gasteiger partial charge in [-0.3, -0.25) is 9.59 Å². The van der Waals surface area contributed by atoms with E-state index in [1.54, 1.807) is 12.1 Å². The van der Waals surface area contributed by atoms with E-state index in [1.807, 2.05) is 0 Å². The smallest absolute Gasteiger partial charge is 0.223 e. The number of carbonyl (C=O) groups is 2. The van der Waals surface area contributed by atoms with E-state index in [1.165, 1.54) is 18.2 Å². The van der Waals surface area contributed by atoms with Gasteiger partial charge in [-0.25, -0.2) is 13.2 Å². The summed E-state index contributed by atoms with van der Waals surface area (Å²) in [7, 11) is 0. The molecule has 31 heavy (non-hydrogen) atoms. The number of fused-ring (bicyclic) bond motifs is 1. The predicted molar refractivity (Wildman–Crippen MR) is 108 cm³/mol. The van der Waals surface area contributed by atoms with Crippen LogP contribution in [0.4, 0.5) is 13.2 Å². The summed E-state index contributed by atoms with van der Waals surface area (Å²) in [5.41, 5.74) is 7.20. The lowest BCUT2D eigenvalue weighted by Gasteiger charge is -2.35. The number of primary amides is 1. The van der Waals surface area contributed by atoms with Crippen LogP contribution in [0, 0.1) is 29.3 Å². The topological polar surface area (TPSA) is 96.2 Å². The third kappa shape index (κ3) is 3.95. The maximum atomic E-state index is 14.4. The van der Waals surface area contributed by atoms with Crippen molar-refractivity contribution in [3.05, 3.63) is 59.4 Å². The number of aliphatic hydroxyl groups excluding tert-OH is 1. The van der Waals surface area contributed by atoms with Gasteiger partial charge in [-0.05, 0) is 60.2 Å². The number of ketones is 1. The van der Waals surface area contributed by atoms with E-state index in [0.717, 1.165) is 6.07 Å². The first-order valence-electron chi connectivity index (χ1n) is 9.98. The number of carbonyl (C=O) groups excluding carboxylic acids is 2. The zero-order chi connectivity index (χ0) is 22.3. The Morgan fingerprint density at radius 2 is 1.77 bits per heavy atom. The molecular formula is C23H21F3N2O3. The Morgan fingerprint density at radius 3 is 2.39 bits per heavy atom. The average Bonchev–Trinajstić information content (AvgIpc) is 3.05. The fraction of sp³-hybridized carbons (Fsp3) is 0.304. The molecule has 1 aliphatic carbocycles. The van der Waals surface area contributed by atoms with Crippen molar-refractivity contribution in [3.8, 4) is 11.3 Å². The molecule has 5 nitrogen and oxygen atoms in total. The molecule has 1 heterocycles. The fourth-order valence-electron chi connectivity index (χ4n) is 4.29. The van der Waals surface area contributed by atoms with Crippen molar-refractivity contribution < 1.29 is 27.9 Å². The number of rotatable bonds is 7. The van der Waals surface area contributed by atoms with Gasteiger partial charge in [0.05, 0.1) is 23.7 Å². The lowest BCUT2D eigenvalue weighted by molar-refractivity contribution is -0.132. The van der Waals surface area contributed by atoms with E-state index < -0.39 is 35.9 Å². The summed E-state index contributed by atoms with van der Waals surface area (Å²) >= 11 is 0. The second-order valence-corrected chi connectivity index (χ2v) is 8.05. The van der Waals surface area contributed by atoms with Crippen LogP contribution in [-0.2, 0) is 9.59 Å². The van der Waals surface area contributed by atoms with E-state index in [2.05, 4.69) is 4.98 Å². The van der Waals surface area contributed by atoms with E-state index in [9.17, 15) is 27.9 Å². The lowest BCUT2D eigenvalue weighted by Crippen LogP contribution is -2.34. The molecule has 4 rings (SSSR count). The summed E-state index contributed by atoms with van der Waals surface area (Å²) in [5, 5.41) is 9.60. The fourth-order valence-corrected chi connectivity index (χ4v) is 4.29. The van der Waals surface area contributed by atoms with Gasteiger partial charge in [-0.1, -0.05) is 0 Å². The van der Waals surface area contributed by atoms with Gasteiger partial charge in [0, 0.05) is 23.8 Å². The number of halogens is 3. The molecule has 1 aliphatic rings. The maximum Gasteiger partial charge on any atom is 0.223 e. The number of nitrogens with one attached hydrogen (secondary N) is 1. The Kier molecular flexibility index (Phi) is 5.58. The van der Waals surface area contributed by atoms with E-state index >= 15 is 0 Å². The zero-order valence-corrected chi connectivity index (χ0v) is 16.5.